The molecule has 3 aromatic carbocycles. The summed E-state index contributed by atoms with van der Waals surface area (Å²) in [6, 6.07) is 23.8. The van der Waals surface area contributed by atoms with Crippen LogP contribution < -0.4 is 5.32 Å². The van der Waals surface area contributed by atoms with Gasteiger partial charge in [-0.1, -0.05) is 55.1 Å². The second-order valence-corrected chi connectivity index (χ2v) is 7.88. The van der Waals surface area contributed by atoms with Crippen molar-refractivity contribution in [3.8, 4) is 6.07 Å². The molecule has 1 amide bonds. The fraction of sp³-hybridized carbons (Fsp3) is 0.160. The van der Waals surface area contributed by atoms with Crippen molar-refractivity contribution in [3.05, 3.63) is 89.5 Å². The first-order valence-electron chi connectivity index (χ1n) is 9.88. The van der Waals surface area contributed by atoms with Crippen molar-refractivity contribution in [2.24, 2.45) is 0 Å². The summed E-state index contributed by atoms with van der Waals surface area (Å²) in [7, 11) is 0. The minimum absolute atomic E-state index is 0.340. The maximum atomic E-state index is 12.8. The number of rotatable bonds is 7. The second-order valence-electron chi connectivity index (χ2n) is 6.79. The van der Waals surface area contributed by atoms with Gasteiger partial charge in [-0.15, -0.1) is 0 Å². The summed E-state index contributed by atoms with van der Waals surface area (Å²) in [6.07, 6.45) is -0.0544. The molecule has 0 radical (unpaired) electrons. The second kappa shape index (κ2) is 10.5. The van der Waals surface area contributed by atoms with Crippen molar-refractivity contribution < 1.29 is 14.3 Å². The first-order chi connectivity index (χ1) is 15.0. The average molecular weight is 431 g/mol. The van der Waals surface area contributed by atoms with Gasteiger partial charge in [0.2, 0.25) is 0 Å². The van der Waals surface area contributed by atoms with Crippen LogP contribution in [0.15, 0.2) is 82.6 Å². The van der Waals surface area contributed by atoms with E-state index in [0.29, 0.717) is 21.7 Å². The average Bonchev–Trinajstić information content (AvgIpc) is 2.80. The maximum absolute atomic E-state index is 12.8. The largest absolute Gasteiger partial charge is 0.449 e. The van der Waals surface area contributed by atoms with Crippen molar-refractivity contribution in [3.63, 3.8) is 0 Å². The lowest BCUT2D eigenvalue weighted by Crippen LogP contribution is -2.30. The molecule has 6 heteroatoms. The van der Waals surface area contributed by atoms with E-state index in [1.807, 2.05) is 42.5 Å². The summed E-state index contributed by atoms with van der Waals surface area (Å²) >= 11 is 1.31. The van der Waals surface area contributed by atoms with Gasteiger partial charge in [0.25, 0.3) is 5.91 Å². The molecule has 0 saturated heterocycles. The summed E-state index contributed by atoms with van der Waals surface area (Å²) in [4.78, 5) is 26.6. The monoisotopic (exact) mass is 430 g/mol. The number of carbonyl (C=O) groups is 2. The van der Waals surface area contributed by atoms with Crippen molar-refractivity contribution >= 4 is 29.3 Å². The molecule has 1 unspecified atom stereocenters. The molecule has 0 bridgehead atoms. The number of anilines is 1. The van der Waals surface area contributed by atoms with E-state index in [-0.39, 0.29) is 0 Å². The standard InChI is InChI=1S/C25H22N2O3S/c1-3-18-12-14-20(15-13-18)27-24(28)17(2)30-25(29)21-9-5-7-11-23(21)31-22-10-6-4-8-19(22)16-26/h4-15,17H,3H2,1-2H3,(H,27,28). The van der Waals surface area contributed by atoms with Crippen LogP contribution in [0, 0.1) is 11.3 Å². The molecule has 0 aromatic heterocycles. The predicted molar refractivity (Wildman–Crippen MR) is 121 cm³/mol. The minimum Gasteiger partial charge on any atom is -0.449 e. The Hall–Kier alpha value is -3.56. The van der Waals surface area contributed by atoms with Gasteiger partial charge < -0.3 is 10.1 Å². The number of nitrogens with zero attached hydrogens (tertiary/aromatic N) is 1. The Morgan fingerprint density at radius 1 is 1.00 bits per heavy atom. The van der Waals surface area contributed by atoms with Gasteiger partial charge in [-0.25, -0.2) is 4.79 Å². The Kier molecular flexibility index (Phi) is 7.47. The lowest BCUT2D eigenvalue weighted by molar-refractivity contribution is -0.123. The Labute approximate surface area is 186 Å². The van der Waals surface area contributed by atoms with Crippen molar-refractivity contribution in [1.29, 1.82) is 5.26 Å². The van der Waals surface area contributed by atoms with E-state index in [1.54, 1.807) is 30.3 Å². The molecule has 5 nitrogen and oxygen atoms in total. The number of esters is 1. The van der Waals surface area contributed by atoms with E-state index in [1.165, 1.54) is 24.2 Å². The summed E-state index contributed by atoms with van der Waals surface area (Å²) < 4.78 is 5.42. The number of benzene rings is 3. The van der Waals surface area contributed by atoms with Gasteiger partial charge in [0, 0.05) is 15.5 Å². The quantitative estimate of drug-likeness (QED) is 0.504. The highest BCUT2D eigenvalue weighted by molar-refractivity contribution is 7.99. The third-order valence-electron chi connectivity index (χ3n) is 4.62. The van der Waals surface area contributed by atoms with Gasteiger partial charge in [0.1, 0.15) is 6.07 Å². The van der Waals surface area contributed by atoms with Gasteiger partial charge in [0.15, 0.2) is 6.10 Å². The van der Waals surface area contributed by atoms with Crippen LogP contribution in [0.2, 0.25) is 0 Å². The summed E-state index contributed by atoms with van der Waals surface area (Å²) in [5, 5.41) is 12.1. The lowest BCUT2D eigenvalue weighted by atomic mass is 10.1. The van der Waals surface area contributed by atoms with E-state index in [9.17, 15) is 14.9 Å². The Bertz CT molecular complexity index is 1120. The highest BCUT2D eigenvalue weighted by Gasteiger charge is 2.21. The van der Waals surface area contributed by atoms with Gasteiger partial charge in [-0.2, -0.15) is 5.26 Å². The number of carbonyl (C=O) groups excluding carboxylic acids is 2. The third-order valence-corrected chi connectivity index (χ3v) is 5.77. The molecule has 156 valence electrons. The number of amides is 1. The number of hydrogen-bond acceptors (Lipinski definition) is 5. The van der Waals surface area contributed by atoms with Crippen LogP contribution >= 0.6 is 11.8 Å². The Morgan fingerprint density at radius 3 is 2.32 bits per heavy atom. The van der Waals surface area contributed by atoms with Gasteiger partial charge in [0.05, 0.1) is 11.1 Å². The molecule has 3 rings (SSSR count). The molecule has 0 saturated carbocycles. The van der Waals surface area contributed by atoms with E-state index < -0.39 is 18.0 Å². The molecular formula is C25H22N2O3S. The van der Waals surface area contributed by atoms with E-state index >= 15 is 0 Å². The molecule has 0 spiro atoms. The minimum atomic E-state index is -0.970. The zero-order valence-electron chi connectivity index (χ0n) is 17.3. The fourth-order valence-electron chi connectivity index (χ4n) is 2.84. The topological polar surface area (TPSA) is 79.2 Å². The Balaban J connectivity index is 1.70. The zero-order valence-corrected chi connectivity index (χ0v) is 18.1. The van der Waals surface area contributed by atoms with Crippen molar-refractivity contribution in [2.45, 2.75) is 36.2 Å². The van der Waals surface area contributed by atoms with E-state index in [2.05, 4.69) is 18.3 Å². The van der Waals surface area contributed by atoms with Crippen molar-refractivity contribution in [1.82, 2.24) is 0 Å². The van der Waals surface area contributed by atoms with Crippen LogP contribution in [0.1, 0.15) is 35.3 Å². The molecule has 0 heterocycles. The molecule has 3 aromatic rings. The normalized spacial score (nSPS) is 11.3. The molecule has 31 heavy (non-hydrogen) atoms. The number of aryl methyl sites for hydroxylation is 1. The third kappa shape index (κ3) is 5.74. The smallest absolute Gasteiger partial charge is 0.340 e. The van der Waals surface area contributed by atoms with Crippen LogP contribution in [0.25, 0.3) is 0 Å². The van der Waals surface area contributed by atoms with Gasteiger partial charge in [-0.05, 0) is 55.3 Å². The molecule has 1 N–H and O–H groups in total. The van der Waals surface area contributed by atoms with Gasteiger partial charge >= 0.3 is 5.97 Å². The summed E-state index contributed by atoms with van der Waals surface area (Å²) in [5.41, 5.74) is 2.68. The summed E-state index contributed by atoms with van der Waals surface area (Å²) in [6.45, 7) is 3.60. The molecule has 1 atom stereocenters. The highest BCUT2D eigenvalue weighted by Crippen LogP contribution is 2.33. The van der Waals surface area contributed by atoms with Gasteiger partial charge in [-0.3, -0.25) is 4.79 Å². The Morgan fingerprint density at radius 2 is 1.65 bits per heavy atom. The first kappa shape index (κ1) is 22.1. The van der Waals surface area contributed by atoms with Crippen LogP contribution in [0.5, 0.6) is 0 Å². The number of hydrogen-bond donors (Lipinski definition) is 1. The number of nitrogens with one attached hydrogen (secondary N) is 1. The SMILES string of the molecule is CCc1ccc(NC(=O)C(C)OC(=O)c2ccccc2Sc2ccccc2C#N)cc1. The predicted octanol–water partition coefficient (Wildman–Crippen LogP) is 5.46. The van der Waals surface area contributed by atoms with E-state index in [0.717, 1.165) is 11.3 Å². The molecule has 0 aliphatic heterocycles. The van der Waals surface area contributed by atoms with Crippen LogP contribution in [-0.2, 0) is 16.0 Å². The van der Waals surface area contributed by atoms with Crippen LogP contribution in [0.4, 0.5) is 5.69 Å². The first-order valence-corrected chi connectivity index (χ1v) is 10.7. The van der Waals surface area contributed by atoms with Crippen molar-refractivity contribution in [2.75, 3.05) is 5.32 Å². The molecule has 0 aliphatic carbocycles. The van der Waals surface area contributed by atoms with E-state index in [4.69, 9.17) is 4.74 Å². The highest BCUT2D eigenvalue weighted by atomic mass is 32.2. The number of ether oxygens (including phenoxy) is 1. The molecule has 0 aliphatic rings. The molecular weight excluding hydrogens is 408 g/mol. The lowest BCUT2D eigenvalue weighted by Gasteiger charge is -2.15. The summed E-state index contributed by atoms with van der Waals surface area (Å²) in [5.74, 6) is -1.00. The fourth-order valence-corrected chi connectivity index (χ4v) is 3.85. The maximum Gasteiger partial charge on any atom is 0.340 e. The van der Waals surface area contributed by atoms with Crippen LogP contribution in [-0.4, -0.2) is 18.0 Å². The van der Waals surface area contributed by atoms with Crippen LogP contribution in [0.3, 0.4) is 0 Å². The zero-order chi connectivity index (χ0) is 22.2. The number of nitriles is 1. The molecule has 0 fully saturated rings.